The van der Waals surface area contributed by atoms with E-state index >= 15 is 0 Å². The predicted octanol–water partition coefficient (Wildman–Crippen LogP) is 1.28. The first-order valence-corrected chi connectivity index (χ1v) is 5.76. The van der Waals surface area contributed by atoms with Crippen molar-refractivity contribution in [3.05, 3.63) is 36.0 Å². The van der Waals surface area contributed by atoms with Crippen LogP contribution in [0.3, 0.4) is 0 Å². The average molecular weight is 249 g/mol. The van der Waals surface area contributed by atoms with Crippen LogP contribution in [0.5, 0.6) is 0 Å². The molecule has 0 radical (unpaired) electrons. The highest BCUT2D eigenvalue weighted by Crippen LogP contribution is 2.20. The fourth-order valence-corrected chi connectivity index (χ4v) is 1.71. The van der Waals surface area contributed by atoms with E-state index in [-0.39, 0.29) is 16.2 Å². The Hall–Kier alpha value is -2.35. The molecular weight excluding hydrogens is 242 g/mol. The molecule has 0 aliphatic carbocycles. The number of allylic oxidation sites excluding steroid dienone is 1. The molecule has 0 atom stereocenters. The van der Waals surface area contributed by atoms with Gasteiger partial charge in [0.25, 0.3) is 10.1 Å². The largest absolute Gasteiger partial charge is 0.359 e. The summed E-state index contributed by atoms with van der Waals surface area (Å²) in [5, 5.41) is 19.4. The molecule has 0 aromatic heterocycles. The van der Waals surface area contributed by atoms with Crippen LogP contribution in [-0.4, -0.2) is 13.0 Å². The molecule has 86 valence electrons. The molecule has 1 aromatic rings. The van der Waals surface area contributed by atoms with Gasteiger partial charge in [-0.15, -0.1) is 0 Å². The van der Waals surface area contributed by atoms with E-state index in [9.17, 15) is 8.42 Å². The van der Waals surface area contributed by atoms with Gasteiger partial charge in [0.05, 0.1) is 5.69 Å². The van der Waals surface area contributed by atoms with E-state index in [0.29, 0.717) is 0 Å². The van der Waals surface area contributed by atoms with Crippen molar-refractivity contribution in [1.29, 1.82) is 10.5 Å². The van der Waals surface area contributed by atoms with Crippen molar-refractivity contribution in [2.45, 2.75) is 4.90 Å². The summed E-state index contributed by atoms with van der Waals surface area (Å²) in [7, 11) is -4.35. The van der Waals surface area contributed by atoms with Crippen molar-refractivity contribution in [2.75, 3.05) is 5.32 Å². The Bertz CT molecular complexity index is 619. The zero-order chi connectivity index (χ0) is 12.9. The third-order valence-corrected chi connectivity index (χ3v) is 2.69. The molecule has 0 aliphatic heterocycles. The summed E-state index contributed by atoms with van der Waals surface area (Å²) in [6.45, 7) is 0. The van der Waals surface area contributed by atoms with Gasteiger partial charge in [-0.05, 0) is 12.1 Å². The molecule has 0 bridgehead atoms. The fraction of sp³-hybridized carbons (Fsp3) is 0. The summed E-state index contributed by atoms with van der Waals surface area (Å²) in [4.78, 5) is -0.327. The smallest absolute Gasteiger partial charge is 0.296 e. The lowest BCUT2D eigenvalue weighted by Crippen LogP contribution is -2.02. The topological polar surface area (TPSA) is 114 Å². The van der Waals surface area contributed by atoms with Crippen LogP contribution in [0, 0.1) is 22.7 Å². The molecule has 1 aromatic carbocycles. The number of hydrogen-bond donors (Lipinski definition) is 2. The molecule has 0 heterocycles. The van der Waals surface area contributed by atoms with E-state index in [0.717, 1.165) is 6.20 Å². The highest BCUT2D eigenvalue weighted by Gasteiger charge is 2.13. The number of nitrogens with zero attached hydrogens (tertiary/aromatic N) is 2. The maximum absolute atomic E-state index is 11.0. The summed E-state index contributed by atoms with van der Waals surface area (Å²) < 4.78 is 30.9. The Kier molecular flexibility index (Phi) is 3.83. The standard InChI is InChI=1S/C10H7N3O3S/c11-5-8(6-12)7-13-9-3-1-2-4-10(9)17(14,15)16/h1-4,7,13H,(H,14,15,16). The van der Waals surface area contributed by atoms with Gasteiger partial charge in [-0.1, -0.05) is 12.1 Å². The summed E-state index contributed by atoms with van der Waals surface area (Å²) in [6, 6.07) is 8.79. The number of anilines is 1. The highest BCUT2D eigenvalue weighted by molar-refractivity contribution is 7.86. The highest BCUT2D eigenvalue weighted by atomic mass is 32.2. The molecule has 0 fully saturated rings. The number of rotatable bonds is 3. The summed E-state index contributed by atoms with van der Waals surface area (Å²) in [5.41, 5.74) is -0.131. The first kappa shape index (κ1) is 12.7. The second kappa shape index (κ2) is 5.12. The van der Waals surface area contributed by atoms with Gasteiger partial charge in [0.1, 0.15) is 22.6 Å². The SMILES string of the molecule is N#CC(C#N)=CNc1ccccc1S(=O)(=O)O. The zero-order valence-corrected chi connectivity index (χ0v) is 9.27. The van der Waals surface area contributed by atoms with Crippen LogP contribution in [0.2, 0.25) is 0 Å². The van der Waals surface area contributed by atoms with Crippen molar-refractivity contribution in [2.24, 2.45) is 0 Å². The Balaban J connectivity index is 3.15. The van der Waals surface area contributed by atoms with Crippen molar-refractivity contribution in [3.8, 4) is 12.1 Å². The van der Waals surface area contributed by atoms with E-state index in [1.165, 1.54) is 18.2 Å². The second-order valence-electron chi connectivity index (χ2n) is 2.90. The summed E-state index contributed by atoms with van der Waals surface area (Å²) in [6.07, 6.45) is 1.06. The Morgan fingerprint density at radius 2 is 1.88 bits per heavy atom. The van der Waals surface area contributed by atoms with Crippen molar-refractivity contribution < 1.29 is 13.0 Å². The maximum Gasteiger partial charge on any atom is 0.296 e. The lowest BCUT2D eigenvalue weighted by atomic mass is 10.3. The zero-order valence-electron chi connectivity index (χ0n) is 8.45. The van der Waals surface area contributed by atoms with Gasteiger partial charge >= 0.3 is 0 Å². The van der Waals surface area contributed by atoms with Crippen LogP contribution in [0.25, 0.3) is 0 Å². The van der Waals surface area contributed by atoms with Gasteiger partial charge < -0.3 is 5.32 Å². The molecule has 7 heteroatoms. The lowest BCUT2D eigenvalue weighted by molar-refractivity contribution is 0.483. The van der Waals surface area contributed by atoms with Crippen LogP contribution in [-0.2, 0) is 10.1 Å². The minimum atomic E-state index is -4.35. The van der Waals surface area contributed by atoms with Gasteiger partial charge in [0, 0.05) is 6.20 Å². The first-order valence-electron chi connectivity index (χ1n) is 4.32. The minimum absolute atomic E-state index is 0.0815. The first-order chi connectivity index (χ1) is 7.99. The van der Waals surface area contributed by atoms with Gasteiger partial charge in [0.2, 0.25) is 0 Å². The second-order valence-corrected chi connectivity index (χ2v) is 4.29. The van der Waals surface area contributed by atoms with Gasteiger partial charge in [-0.25, -0.2) is 0 Å². The van der Waals surface area contributed by atoms with Crippen LogP contribution < -0.4 is 5.32 Å². The number of nitrogens with one attached hydrogen (secondary N) is 1. The fourth-order valence-electron chi connectivity index (χ4n) is 1.05. The molecule has 2 N–H and O–H groups in total. The van der Waals surface area contributed by atoms with Gasteiger partial charge in [0.15, 0.2) is 0 Å². The third-order valence-electron chi connectivity index (χ3n) is 1.78. The average Bonchev–Trinajstić information content (AvgIpc) is 2.29. The monoisotopic (exact) mass is 249 g/mol. The summed E-state index contributed by atoms with van der Waals surface area (Å²) in [5.74, 6) is 0. The van der Waals surface area contributed by atoms with Crippen LogP contribution in [0.1, 0.15) is 0 Å². The molecule has 0 amide bonds. The van der Waals surface area contributed by atoms with Crippen LogP contribution in [0.4, 0.5) is 5.69 Å². The molecule has 0 saturated carbocycles. The Labute approximate surface area is 98.2 Å². The molecule has 0 aliphatic rings. The van der Waals surface area contributed by atoms with E-state index in [2.05, 4.69) is 5.32 Å². The minimum Gasteiger partial charge on any atom is -0.359 e. The van der Waals surface area contributed by atoms with Crippen molar-refractivity contribution >= 4 is 15.8 Å². The Morgan fingerprint density at radius 1 is 1.29 bits per heavy atom. The summed E-state index contributed by atoms with van der Waals surface area (Å²) >= 11 is 0. The number of hydrogen-bond acceptors (Lipinski definition) is 5. The third kappa shape index (κ3) is 3.31. The molecular formula is C10H7N3O3S. The van der Waals surface area contributed by atoms with E-state index < -0.39 is 10.1 Å². The van der Waals surface area contributed by atoms with Crippen molar-refractivity contribution in [3.63, 3.8) is 0 Å². The normalized spacial score (nSPS) is 9.82. The van der Waals surface area contributed by atoms with Gasteiger partial charge in [-0.2, -0.15) is 18.9 Å². The molecule has 0 unspecified atom stereocenters. The van der Waals surface area contributed by atoms with Crippen LogP contribution >= 0.6 is 0 Å². The predicted molar refractivity (Wildman–Crippen MR) is 59.2 cm³/mol. The van der Waals surface area contributed by atoms with Crippen LogP contribution in [0.15, 0.2) is 40.9 Å². The number of nitriles is 2. The molecule has 0 spiro atoms. The van der Waals surface area contributed by atoms with E-state index in [1.54, 1.807) is 18.2 Å². The molecule has 6 nitrogen and oxygen atoms in total. The molecule has 1 rings (SSSR count). The van der Waals surface area contributed by atoms with E-state index in [1.807, 2.05) is 0 Å². The lowest BCUT2D eigenvalue weighted by Gasteiger charge is -2.05. The maximum atomic E-state index is 11.0. The van der Waals surface area contributed by atoms with Crippen molar-refractivity contribution in [1.82, 2.24) is 0 Å². The quantitative estimate of drug-likeness (QED) is 0.616. The molecule has 17 heavy (non-hydrogen) atoms. The van der Waals surface area contributed by atoms with E-state index in [4.69, 9.17) is 15.1 Å². The number of benzene rings is 1. The molecule has 0 saturated heterocycles. The Morgan fingerprint density at radius 3 is 2.41 bits per heavy atom. The van der Waals surface area contributed by atoms with Gasteiger partial charge in [-0.3, -0.25) is 4.55 Å². The number of para-hydroxylation sites is 1.